The minimum Gasteiger partial charge on any atom is -0.493 e. The molecule has 3 N–H and O–H groups in total. The predicted octanol–water partition coefficient (Wildman–Crippen LogP) is 2.38. The van der Waals surface area contributed by atoms with Crippen LogP contribution >= 0.6 is 22.6 Å². The number of hydrogen-bond donors (Lipinski definition) is 3. The second-order valence-electron chi connectivity index (χ2n) is 8.80. The standard InChI is InChI=1S/C27H31IN2O7/c1-16-4-6-18(7-5-16)14-30(17(2)33)22-12-20(27(35)29-8-9-31)13-23(25(22)34)37-26-21(28)10-19(15-32)11-24(26)36-3/h4-7,10-11,13,15,22-23,25,31,34H,8-9,12,14H2,1-3H3,(H,29,35)/t22-,23+,25+/m1/s1. The van der Waals surface area contributed by atoms with Crippen molar-refractivity contribution in [1.29, 1.82) is 0 Å². The first-order valence-electron chi connectivity index (χ1n) is 11.8. The molecular formula is C27H31IN2O7. The Morgan fingerprint density at radius 2 is 1.95 bits per heavy atom. The van der Waals surface area contributed by atoms with Crippen LogP contribution in [0.5, 0.6) is 11.5 Å². The fourth-order valence-corrected chi connectivity index (χ4v) is 4.94. The molecule has 37 heavy (non-hydrogen) atoms. The second kappa shape index (κ2) is 13.0. The van der Waals surface area contributed by atoms with Gasteiger partial charge in [0.1, 0.15) is 18.5 Å². The Morgan fingerprint density at radius 1 is 1.24 bits per heavy atom. The number of halogens is 1. The highest BCUT2D eigenvalue weighted by atomic mass is 127. The minimum atomic E-state index is -1.17. The number of rotatable bonds is 10. The van der Waals surface area contributed by atoms with Gasteiger partial charge in [0.2, 0.25) is 11.8 Å². The number of carbonyl (C=O) groups excluding carboxylic acids is 3. The smallest absolute Gasteiger partial charge is 0.247 e. The zero-order chi connectivity index (χ0) is 27.1. The molecule has 0 bridgehead atoms. The van der Waals surface area contributed by atoms with Crippen LogP contribution in [-0.2, 0) is 16.1 Å². The molecule has 1 aliphatic carbocycles. The molecule has 2 amide bonds. The number of carbonyl (C=O) groups is 3. The first-order valence-corrected chi connectivity index (χ1v) is 12.9. The average molecular weight is 622 g/mol. The lowest BCUT2D eigenvalue weighted by Gasteiger charge is -2.40. The van der Waals surface area contributed by atoms with Crippen LogP contribution in [0.25, 0.3) is 0 Å². The molecule has 10 heteroatoms. The van der Waals surface area contributed by atoms with Crippen molar-refractivity contribution in [3.05, 3.63) is 68.3 Å². The maximum absolute atomic E-state index is 12.9. The number of amides is 2. The van der Waals surface area contributed by atoms with Crippen LogP contribution in [0.15, 0.2) is 48.0 Å². The summed E-state index contributed by atoms with van der Waals surface area (Å²) in [5, 5.41) is 23.2. The van der Waals surface area contributed by atoms with Crippen molar-refractivity contribution in [2.45, 2.75) is 45.1 Å². The van der Waals surface area contributed by atoms with Gasteiger partial charge in [0, 0.05) is 37.6 Å². The molecule has 0 aromatic heterocycles. The van der Waals surface area contributed by atoms with Crippen molar-refractivity contribution in [3.8, 4) is 11.5 Å². The van der Waals surface area contributed by atoms with Crippen molar-refractivity contribution in [2.75, 3.05) is 20.3 Å². The van der Waals surface area contributed by atoms with Crippen molar-refractivity contribution in [2.24, 2.45) is 0 Å². The van der Waals surface area contributed by atoms with E-state index in [1.807, 2.05) is 53.8 Å². The lowest BCUT2D eigenvalue weighted by molar-refractivity contribution is -0.137. The highest BCUT2D eigenvalue weighted by Gasteiger charge is 2.40. The molecule has 0 saturated heterocycles. The quantitative estimate of drug-likeness (QED) is 0.275. The number of nitrogens with zero attached hydrogens (tertiary/aromatic N) is 1. The molecule has 2 aromatic carbocycles. The molecule has 0 fully saturated rings. The number of hydrogen-bond acceptors (Lipinski definition) is 7. The van der Waals surface area contributed by atoms with E-state index in [1.165, 1.54) is 31.1 Å². The third kappa shape index (κ3) is 7.08. The zero-order valence-electron chi connectivity index (χ0n) is 20.9. The van der Waals surface area contributed by atoms with Gasteiger partial charge in [0.25, 0.3) is 0 Å². The monoisotopic (exact) mass is 622 g/mol. The first kappa shape index (κ1) is 28.6. The Morgan fingerprint density at radius 3 is 2.54 bits per heavy atom. The molecule has 198 valence electrons. The van der Waals surface area contributed by atoms with Gasteiger partial charge < -0.3 is 29.9 Å². The molecule has 2 aromatic rings. The Bertz CT molecular complexity index is 1170. The molecule has 3 rings (SSSR count). The minimum absolute atomic E-state index is 0.0631. The number of nitrogens with one attached hydrogen (secondary N) is 1. The maximum atomic E-state index is 12.9. The second-order valence-corrected chi connectivity index (χ2v) is 9.96. The first-order chi connectivity index (χ1) is 17.7. The van der Waals surface area contributed by atoms with Gasteiger partial charge in [-0.25, -0.2) is 0 Å². The van der Waals surface area contributed by atoms with Crippen LogP contribution < -0.4 is 14.8 Å². The van der Waals surface area contributed by atoms with Gasteiger partial charge >= 0.3 is 0 Å². The lowest BCUT2D eigenvalue weighted by atomic mass is 9.88. The van der Waals surface area contributed by atoms with Gasteiger partial charge in [-0.1, -0.05) is 29.8 Å². The van der Waals surface area contributed by atoms with Gasteiger partial charge in [0.15, 0.2) is 11.5 Å². The zero-order valence-corrected chi connectivity index (χ0v) is 23.1. The number of methoxy groups -OCH3 is 1. The largest absolute Gasteiger partial charge is 0.493 e. The summed E-state index contributed by atoms with van der Waals surface area (Å²) in [5.74, 6) is -0.0806. The summed E-state index contributed by atoms with van der Waals surface area (Å²) in [4.78, 5) is 38.5. The van der Waals surface area contributed by atoms with Crippen molar-refractivity contribution < 1.29 is 34.1 Å². The molecule has 1 aliphatic rings. The van der Waals surface area contributed by atoms with Gasteiger partial charge in [0.05, 0.1) is 23.3 Å². The summed E-state index contributed by atoms with van der Waals surface area (Å²) in [6.07, 6.45) is 0.149. The Labute approximate surface area is 229 Å². The van der Waals surface area contributed by atoms with E-state index in [2.05, 4.69) is 5.32 Å². The molecule has 9 nitrogen and oxygen atoms in total. The molecule has 0 aliphatic heterocycles. The van der Waals surface area contributed by atoms with E-state index in [0.717, 1.165) is 11.1 Å². The SMILES string of the molecule is COc1cc(C=O)cc(I)c1O[C@H]1C=C(C(=O)NCCO)C[C@@H](N(Cc2ccc(C)cc2)C(C)=O)[C@@H]1O. The van der Waals surface area contributed by atoms with Crippen LogP contribution in [-0.4, -0.2) is 71.7 Å². The van der Waals surface area contributed by atoms with Crippen molar-refractivity contribution in [3.63, 3.8) is 0 Å². The molecule has 0 heterocycles. The molecule has 0 radical (unpaired) electrons. The Balaban J connectivity index is 1.99. The fraction of sp³-hybridized carbons (Fsp3) is 0.370. The number of aryl methyl sites for hydroxylation is 1. The van der Waals surface area contributed by atoms with Crippen molar-refractivity contribution in [1.82, 2.24) is 10.2 Å². The summed E-state index contributed by atoms with van der Waals surface area (Å²) in [7, 11) is 1.44. The summed E-state index contributed by atoms with van der Waals surface area (Å²) in [6.45, 7) is 3.47. The van der Waals surface area contributed by atoms with Crippen LogP contribution in [0.2, 0.25) is 0 Å². The topological polar surface area (TPSA) is 125 Å². The fourth-order valence-electron chi connectivity index (χ4n) is 4.19. The third-order valence-corrected chi connectivity index (χ3v) is 6.94. The third-order valence-electron chi connectivity index (χ3n) is 6.13. The van der Waals surface area contributed by atoms with E-state index in [4.69, 9.17) is 14.6 Å². The van der Waals surface area contributed by atoms with E-state index in [1.54, 1.807) is 6.07 Å². The normalized spacial score (nSPS) is 19.0. The van der Waals surface area contributed by atoms with E-state index in [9.17, 15) is 19.5 Å². The van der Waals surface area contributed by atoms with Crippen LogP contribution in [0.1, 0.15) is 34.8 Å². The van der Waals surface area contributed by atoms with E-state index < -0.39 is 24.2 Å². The highest BCUT2D eigenvalue weighted by molar-refractivity contribution is 14.1. The average Bonchev–Trinajstić information content (AvgIpc) is 2.88. The number of aliphatic hydroxyl groups excluding tert-OH is 2. The van der Waals surface area contributed by atoms with Crippen molar-refractivity contribution >= 4 is 40.7 Å². The van der Waals surface area contributed by atoms with Gasteiger partial charge in [-0.05, 0) is 53.3 Å². The van der Waals surface area contributed by atoms with Gasteiger partial charge in [-0.15, -0.1) is 0 Å². The lowest BCUT2D eigenvalue weighted by Crippen LogP contribution is -2.54. The van der Waals surface area contributed by atoms with Gasteiger partial charge in [-0.3, -0.25) is 14.4 Å². The number of aldehydes is 1. The summed E-state index contributed by atoms with van der Waals surface area (Å²) >= 11 is 2.01. The molecular weight excluding hydrogens is 591 g/mol. The maximum Gasteiger partial charge on any atom is 0.247 e. The molecule has 3 atom stereocenters. The Kier molecular flexibility index (Phi) is 10.1. The molecule has 0 spiro atoms. The Hall–Kier alpha value is -2.96. The number of ether oxygens (including phenoxy) is 2. The van der Waals surface area contributed by atoms with E-state index >= 15 is 0 Å². The molecule has 0 unspecified atom stereocenters. The number of benzene rings is 2. The van der Waals surface area contributed by atoms with E-state index in [-0.39, 0.29) is 32.0 Å². The highest BCUT2D eigenvalue weighted by Crippen LogP contribution is 2.37. The summed E-state index contributed by atoms with van der Waals surface area (Å²) in [6, 6.07) is 10.1. The number of aliphatic hydroxyl groups is 2. The van der Waals surface area contributed by atoms with Gasteiger partial charge in [-0.2, -0.15) is 0 Å². The van der Waals surface area contributed by atoms with E-state index in [0.29, 0.717) is 32.5 Å². The predicted molar refractivity (Wildman–Crippen MR) is 146 cm³/mol. The summed E-state index contributed by atoms with van der Waals surface area (Å²) in [5.41, 5.74) is 2.68. The van der Waals surface area contributed by atoms with Crippen LogP contribution in [0, 0.1) is 10.5 Å². The van der Waals surface area contributed by atoms with Crippen LogP contribution in [0.4, 0.5) is 0 Å². The summed E-state index contributed by atoms with van der Waals surface area (Å²) < 4.78 is 12.2. The van der Waals surface area contributed by atoms with Crippen LogP contribution in [0.3, 0.4) is 0 Å². The molecule has 0 saturated carbocycles.